The monoisotopic (exact) mass is 205 g/mol. The third kappa shape index (κ3) is 3.06. The lowest BCUT2D eigenvalue weighted by molar-refractivity contribution is -0.114. The van der Waals surface area contributed by atoms with Gasteiger partial charge in [0.25, 0.3) is 6.43 Å². The number of halogens is 2. The van der Waals surface area contributed by atoms with Gasteiger partial charge in [-0.05, 0) is 6.42 Å². The second kappa shape index (κ2) is 5.05. The summed E-state index contributed by atoms with van der Waals surface area (Å²) in [5.74, 6) is -0.0304. The fourth-order valence-corrected chi connectivity index (χ4v) is 1.47. The molecule has 0 unspecified atom stereocenters. The van der Waals surface area contributed by atoms with E-state index in [0.717, 1.165) is 0 Å². The quantitative estimate of drug-likeness (QED) is 0.721. The molecule has 0 aliphatic heterocycles. The van der Waals surface area contributed by atoms with Crippen LogP contribution in [0.25, 0.3) is 0 Å². The van der Waals surface area contributed by atoms with Crippen molar-refractivity contribution in [2.45, 2.75) is 19.3 Å². The summed E-state index contributed by atoms with van der Waals surface area (Å²) in [6, 6.07) is 0. The molecule has 0 aromatic heterocycles. The number of hydrogen-bond donors (Lipinski definition) is 1. The molecule has 0 spiro atoms. The Kier molecular flexibility index (Phi) is 4.00. The molecule has 0 bridgehead atoms. The standard InChI is InChI=1S/C9H13F2NO2/c10-9(11)6-12(3-4-13)7-1-2-8(14)5-7/h5,9,13H,1-4,6H2. The maximum absolute atomic E-state index is 12.1. The summed E-state index contributed by atoms with van der Waals surface area (Å²) in [5.41, 5.74) is 0.615. The van der Waals surface area contributed by atoms with Gasteiger partial charge in [-0.3, -0.25) is 4.79 Å². The smallest absolute Gasteiger partial charge is 0.255 e. The molecule has 3 nitrogen and oxygen atoms in total. The fraction of sp³-hybridized carbons (Fsp3) is 0.667. The summed E-state index contributed by atoms with van der Waals surface area (Å²) in [4.78, 5) is 12.3. The molecule has 80 valence electrons. The van der Waals surface area contributed by atoms with E-state index in [1.165, 1.54) is 11.0 Å². The molecule has 0 heterocycles. The molecule has 0 radical (unpaired) electrons. The van der Waals surface area contributed by atoms with Gasteiger partial charge in [0.1, 0.15) is 0 Å². The SMILES string of the molecule is O=C1C=C(N(CCO)CC(F)F)CC1. The fourth-order valence-electron chi connectivity index (χ4n) is 1.47. The third-order valence-electron chi connectivity index (χ3n) is 2.09. The predicted molar refractivity (Wildman–Crippen MR) is 47.0 cm³/mol. The topological polar surface area (TPSA) is 40.5 Å². The highest BCUT2D eigenvalue weighted by Gasteiger charge is 2.20. The van der Waals surface area contributed by atoms with Crippen LogP contribution in [0.5, 0.6) is 0 Å². The zero-order chi connectivity index (χ0) is 10.6. The van der Waals surface area contributed by atoms with E-state index in [-0.39, 0.29) is 18.9 Å². The van der Waals surface area contributed by atoms with Gasteiger partial charge in [0.2, 0.25) is 0 Å². The first kappa shape index (κ1) is 11.1. The van der Waals surface area contributed by atoms with E-state index in [1.54, 1.807) is 0 Å². The molecule has 5 heteroatoms. The Morgan fingerprint density at radius 3 is 2.64 bits per heavy atom. The van der Waals surface area contributed by atoms with E-state index in [0.29, 0.717) is 18.5 Å². The second-order valence-corrected chi connectivity index (χ2v) is 3.16. The van der Waals surface area contributed by atoms with Crippen LogP contribution in [0, 0.1) is 0 Å². The summed E-state index contributed by atoms with van der Waals surface area (Å²) in [5, 5.41) is 8.68. The maximum atomic E-state index is 12.1. The molecule has 1 rings (SSSR count). The normalized spacial score (nSPS) is 16.3. The summed E-state index contributed by atoms with van der Waals surface area (Å²) >= 11 is 0. The number of alkyl halides is 2. The Bertz CT molecular complexity index is 241. The third-order valence-corrected chi connectivity index (χ3v) is 2.09. The van der Waals surface area contributed by atoms with Gasteiger partial charge >= 0.3 is 0 Å². The number of carbonyl (C=O) groups is 1. The van der Waals surface area contributed by atoms with Crippen LogP contribution in [0.3, 0.4) is 0 Å². The Hall–Kier alpha value is -0.970. The van der Waals surface area contributed by atoms with Gasteiger partial charge in [-0.25, -0.2) is 8.78 Å². The number of allylic oxidation sites excluding steroid dienone is 2. The molecule has 0 aromatic rings. The molecular weight excluding hydrogens is 192 g/mol. The molecule has 1 aliphatic rings. The minimum atomic E-state index is -2.45. The van der Waals surface area contributed by atoms with Gasteiger partial charge < -0.3 is 10.0 Å². The van der Waals surface area contributed by atoms with Crippen molar-refractivity contribution in [1.82, 2.24) is 4.90 Å². The summed E-state index contributed by atoms with van der Waals surface area (Å²) in [6.07, 6.45) is -0.164. The average Bonchev–Trinajstić information content (AvgIpc) is 2.50. The van der Waals surface area contributed by atoms with Gasteiger partial charge in [-0.1, -0.05) is 0 Å². The highest BCUT2D eigenvalue weighted by Crippen LogP contribution is 2.19. The van der Waals surface area contributed by atoms with Crippen molar-refractivity contribution >= 4 is 5.78 Å². The van der Waals surface area contributed by atoms with Crippen LogP contribution in [0.1, 0.15) is 12.8 Å². The van der Waals surface area contributed by atoms with Gasteiger partial charge in [0.05, 0.1) is 13.2 Å². The van der Waals surface area contributed by atoms with E-state index >= 15 is 0 Å². The van der Waals surface area contributed by atoms with E-state index in [4.69, 9.17) is 5.11 Å². The molecule has 0 fully saturated rings. The Morgan fingerprint density at radius 2 is 2.21 bits per heavy atom. The van der Waals surface area contributed by atoms with Crippen LogP contribution < -0.4 is 0 Å². The minimum Gasteiger partial charge on any atom is -0.395 e. The van der Waals surface area contributed by atoms with Crippen molar-refractivity contribution in [2.75, 3.05) is 19.7 Å². The number of rotatable bonds is 5. The van der Waals surface area contributed by atoms with E-state index in [1.807, 2.05) is 0 Å². The zero-order valence-corrected chi connectivity index (χ0v) is 7.75. The molecule has 0 amide bonds. The van der Waals surface area contributed by atoms with Gasteiger partial charge in [0.15, 0.2) is 5.78 Å². The van der Waals surface area contributed by atoms with Crippen LogP contribution in [0.4, 0.5) is 8.78 Å². The average molecular weight is 205 g/mol. The van der Waals surface area contributed by atoms with E-state index in [2.05, 4.69) is 0 Å². The molecular formula is C9H13F2NO2. The zero-order valence-electron chi connectivity index (χ0n) is 7.75. The number of carbonyl (C=O) groups excluding carboxylic acids is 1. The summed E-state index contributed by atoms with van der Waals surface area (Å²) in [7, 11) is 0. The molecule has 0 saturated carbocycles. The van der Waals surface area contributed by atoms with Crippen molar-refractivity contribution in [2.24, 2.45) is 0 Å². The largest absolute Gasteiger partial charge is 0.395 e. The first-order chi connectivity index (χ1) is 6.63. The lowest BCUT2D eigenvalue weighted by atomic mass is 10.3. The summed E-state index contributed by atoms with van der Waals surface area (Å²) < 4.78 is 24.2. The Labute approximate surface area is 81.0 Å². The lowest BCUT2D eigenvalue weighted by Crippen LogP contribution is -2.30. The molecule has 0 aromatic carbocycles. The highest BCUT2D eigenvalue weighted by atomic mass is 19.3. The predicted octanol–water partition coefficient (Wildman–Crippen LogP) is 0.793. The van der Waals surface area contributed by atoms with E-state index in [9.17, 15) is 13.6 Å². The second-order valence-electron chi connectivity index (χ2n) is 3.16. The molecule has 1 N–H and O–H groups in total. The van der Waals surface area contributed by atoms with Crippen LogP contribution >= 0.6 is 0 Å². The number of ketones is 1. The van der Waals surface area contributed by atoms with Gasteiger partial charge in [-0.15, -0.1) is 0 Å². The first-order valence-corrected chi connectivity index (χ1v) is 4.51. The highest BCUT2D eigenvalue weighted by molar-refractivity contribution is 5.92. The molecule has 0 saturated heterocycles. The Morgan fingerprint density at radius 1 is 1.50 bits per heavy atom. The van der Waals surface area contributed by atoms with Crippen molar-refractivity contribution in [3.63, 3.8) is 0 Å². The van der Waals surface area contributed by atoms with Crippen molar-refractivity contribution in [1.29, 1.82) is 0 Å². The number of nitrogens with zero attached hydrogens (tertiary/aromatic N) is 1. The minimum absolute atomic E-state index is 0.0304. The maximum Gasteiger partial charge on any atom is 0.255 e. The number of hydrogen-bond acceptors (Lipinski definition) is 3. The van der Waals surface area contributed by atoms with Crippen LogP contribution in [0.15, 0.2) is 11.8 Å². The van der Waals surface area contributed by atoms with Crippen molar-refractivity contribution in [3.05, 3.63) is 11.8 Å². The number of aliphatic hydroxyl groups excluding tert-OH is 1. The summed E-state index contributed by atoms with van der Waals surface area (Å²) in [6.45, 7) is -0.443. The molecule has 14 heavy (non-hydrogen) atoms. The Balaban J connectivity index is 2.57. The van der Waals surface area contributed by atoms with Crippen LogP contribution in [0.2, 0.25) is 0 Å². The van der Waals surface area contributed by atoms with Crippen LogP contribution in [-0.4, -0.2) is 41.9 Å². The van der Waals surface area contributed by atoms with Gasteiger partial charge in [-0.2, -0.15) is 0 Å². The molecule has 0 atom stereocenters. The van der Waals surface area contributed by atoms with E-state index < -0.39 is 13.0 Å². The van der Waals surface area contributed by atoms with Gasteiger partial charge in [0, 0.05) is 24.7 Å². The van der Waals surface area contributed by atoms with Crippen LogP contribution in [-0.2, 0) is 4.79 Å². The number of aliphatic hydroxyl groups is 1. The lowest BCUT2D eigenvalue weighted by Gasteiger charge is -2.24. The first-order valence-electron chi connectivity index (χ1n) is 4.51. The van der Waals surface area contributed by atoms with Crippen molar-refractivity contribution < 1.29 is 18.7 Å². The molecule has 1 aliphatic carbocycles. The van der Waals surface area contributed by atoms with Crippen molar-refractivity contribution in [3.8, 4) is 0 Å².